The van der Waals surface area contributed by atoms with Crippen LogP contribution in [0.25, 0.3) is 22.3 Å². The molecule has 1 aromatic heterocycles. The van der Waals surface area contributed by atoms with Gasteiger partial charge >= 0.3 is 6.03 Å². The number of carbonyl (C=O) groups is 1. The van der Waals surface area contributed by atoms with Crippen LogP contribution in [0.4, 0.5) is 10.5 Å². The Labute approximate surface area is 205 Å². The van der Waals surface area contributed by atoms with Crippen LogP contribution in [-0.4, -0.2) is 37.1 Å². The largest absolute Gasteiger partial charge is 0.456 e. The first kappa shape index (κ1) is 23.8. The predicted molar refractivity (Wildman–Crippen MR) is 139 cm³/mol. The standard InChI is InChI=1S/C27H28N4O2.ClH/c32-27(29-18-20-6-2-1-3-7-20)30-24-9-5-4-8-23(24)26-17-22-11-10-21(16-25(22)33-26)19-31-14-12-28-13-15-31;/h1-11,16-17,28H,12-15,18-19H2,(H2,29,30,32);1H. The summed E-state index contributed by atoms with van der Waals surface area (Å²) in [5, 5.41) is 10.3. The van der Waals surface area contributed by atoms with Crippen molar-refractivity contribution in [2.75, 3.05) is 31.5 Å². The third-order valence-electron chi connectivity index (χ3n) is 5.94. The topological polar surface area (TPSA) is 69.5 Å². The van der Waals surface area contributed by atoms with E-state index in [2.05, 4.69) is 39.0 Å². The fourth-order valence-corrected chi connectivity index (χ4v) is 4.19. The Hall–Kier alpha value is -3.32. The second-order valence-electron chi connectivity index (χ2n) is 8.35. The van der Waals surface area contributed by atoms with E-state index in [1.165, 1.54) is 5.56 Å². The molecule has 34 heavy (non-hydrogen) atoms. The second-order valence-corrected chi connectivity index (χ2v) is 8.35. The molecule has 5 rings (SSSR count). The van der Waals surface area contributed by atoms with E-state index in [0.29, 0.717) is 12.2 Å². The highest BCUT2D eigenvalue weighted by Crippen LogP contribution is 2.33. The summed E-state index contributed by atoms with van der Waals surface area (Å²) in [5.41, 5.74) is 4.73. The minimum Gasteiger partial charge on any atom is -0.456 e. The van der Waals surface area contributed by atoms with E-state index in [-0.39, 0.29) is 18.4 Å². The zero-order valence-electron chi connectivity index (χ0n) is 18.9. The number of amides is 2. The number of furan rings is 1. The van der Waals surface area contributed by atoms with Gasteiger partial charge in [-0.1, -0.05) is 54.6 Å². The lowest BCUT2D eigenvalue weighted by atomic mass is 10.1. The average molecular weight is 477 g/mol. The molecule has 0 unspecified atom stereocenters. The van der Waals surface area contributed by atoms with Gasteiger partial charge < -0.3 is 20.4 Å². The monoisotopic (exact) mass is 476 g/mol. The molecular formula is C27H29ClN4O2. The van der Waals surface area contributed by atoms with Crippen molar-refractivity contribution in [2.24, 2.45) is 0 Å². The molecule has 1 saturated heterocycles. The highest BCUT2D eigenvalue weighted by Gasteiger charge is 2.14. The van der Waals surface area contributed by atoms with E-state index in [1.54, 1.807) is 0 Å². The highest BCUT2D eigenvalue weighted by atomic mass is 35.5. The van der Waals surface area contributed by atoms with Gasteiger partial charge in [-0.2, -0.15) is 0 Å². The summed E-state index contributed by atoms with van der Waals surface area (Å²) in [6.45, 7) is 5.59. The summed E-state index contributed by atoms with van der Waals surface area (Å²) in [5.74, 6) is 0.739. The maximum absolute atomic E-state index is 12.5. The average Bonchev–Trinajstić information content (AvgIpc) is 3.28. The smallest absolute Gasteiger partial charge is 0.319 e. The van der Waals surface area contributed by atoms with Crippen LogP contribution in [0.1, 0.15) is 11.1 Å². The Morgan fingerprint density at radius 3 is 2.50 bits per heavy atom. The number of benzene rings is 3. The molecule has 1 aliphatic heterocycles. The molecule has 0 saturated carbocycles. The number of anilines is 1. The number of para-hydroxylation sites is 1. The van der Waals surface area contributed by atoms with Crippen molar-refractivity contribution in [1.29, 1.82) is 0 Å². The van der Waals surface area contributed by atoms with Crippen molar-refractivity contribution < 1.29 is 9.21 Å². The van der Waals surface area contributed by atoms with Gasteiger partial charge in [0.25, 0.3) is 0 Å². The van der Waals surface area contributed by atoms with Crippen LogP contribution >= 0.6 is 12.4 Å². The number of hydrogen-bond acceptors (Lipinski definition) is 4. The minimum absolute atomic E-state index is 0. The zero-order chi connectivity index (χ0) is 22.5. The van der Waals surface area contributed by atoms with Crippen LogP contribution in [0.2, 0.25) is 0 Å². The summed E-state index contributed by atoms with van der Waals surface area (Å²) in [7, 11) is 0. The summed E-state index contributed by atoms with van der Waals surface area (Å²) in [6, 6.07) is 25.8. The molecule has 1 fully saturated rings. The molecule has 0 atom stereocenters. The Morgan fingerprint density at radius 1 is 0.912 bits per heavy atom. The number of carbonyl (C=O) groups excluding carboxylic acids is 1. The SMILES string of the molecule is Cl.O=C(NCc1ccccc1)Nc1ccccc1-c1cc2ccc(CN3CCNCC3)cc2o1. The molecule has 176 valence electrons. The van der Waals surface area contributed by atoms with Gasteiger partial charge in [0.05, 0.1) is 5.69 Å². The van der Waals surface area contributed by atoms with Crippen LogP contribution in [0, 0.1) is 0 Å². The van der Waals surface area contributed by atoms with Gasteiger partial charge in [0.15, 0.2) is 0 Å². The first-order chi connectivity index (χ1) is 16.2. The van der Waals surface area contributed by atoms with Crippen molar-refractivity contribution in [3.05, 3.63) is 90.0 Å². The summed E-state index contributed by atoms with van der Waals surface area (Å²) >= 11 is 0. The Bertz CT molecular complexity index is 1240. The molecule has 2 amide bonds. The lowest BCUT2D eigenvalue weighted by Crippen LogP contribution is -2.42. The highest BCUT2D eigenvalue weighted by molar-refractivity contribution is 5.95. The fourth-order valence-electron chi connectivity index (χ4n) is 4.19. The molecule has 2 heterocycles. The maximum atomic E-state index is 12.5. The van der Waals surface area contributed by atoms with E-state index in [0.717, 1.165) is 60.6 Å². The van der Waals surface area contributed by atoms with Gasteiger partial charge in [0, 0.05) is 50.2 Å². The Kier molecular flexibility index (Phi) is 7.85. The van der Waals surface area contributed by atoms with Crippen LogP contribution < -0.4 is 16.0 Å². The molecule has 7 heteroatoms. The zero-order valence-corrected chi connectivity index (χ0v) is 19.7. The van der Waals surface area contributed by atoms with Crippen molar-refractivity contribution in [1.82, 2.24) is 15.5 Å². The van der Waals surface area contributed by atoms with Crippen LogP contribution in [-0.2, 0) is 13.1 Å². The number of hydrogen-bond donors (Lipinski definition) is 3. The molecule has 0 bridgehead atoms. The lowest BCUT2D eigenvalue weighted by Gasteiger charge is -2.27. The Balaban J connectivity index is 0.00000274. The number of urea groups is 1. The first-order valence-electron chi connectivity index (χ1n) is 11.4. The number of halogens is 1. The van der Waals surface area contributed by atoms with Gasteiger partial charge in [-0.25, -0.2) is 4.79 Å². The summed E-state index contributed by atoms with van der Waals surface area (Å²) < 4.78 is 6.23. The lowest BCUT2D eigenvalue weighted by molar-refractivity contribution is 0.233. The summed E-state index contributed by atoms with van der Waals surface area (Å²) in [4.78, 5) is 15.0. The second kappa shape index (κ2) is 11.2. The number of nitrogens with zero attached hydrogens (tertiary/aromatic N) is 1. The molecule has 1 aliphatic rings. The van der Waals surface area contributed by atoms with Gasteiger partial charge in [0.2, 0.25) is 0 Å². The van der Waals surface area contributed by atoms with Crippen LogP contribution in [0.3, 0.4) is 0 Å². The minimum atomic E-state index is -0.249. The molecule has 3 N–H and O–H groups in total. The van der Waals surface area contributed by atoms with Crippen molar-refractivity contribution in [2.45, 2.75) is 13.1 Å². The number of fused-ring (bicyclic) bond motifs is 1. The first-order valence-corrected chi connectivity index (χ1v) is 11.4. The van der Waals surface area contributed by atoms with E-state index < -0.39 is 0 Å². The fraction of sp³-hybridized carbons (Fsp3) is 0.222. The number of piperazine rings is 1. The molecule has 4 aromatic rings. The molecule has 0 spiro atoms. The molecule has 3 aromatic carbocycles. The quantitative estimate of drug-likeness (QED) is 0.355. The van der Waals surface area contributed by atoms with Crippen molar-refractivity contribution >= 4 is 35.1 Å². The van der Waals surface area contributed by atoms with Crippen molar-refractivity contribution in [3.8, 4) is 11.3 Å². The van der Waals surface area contributed by atoms with E-state index in [1.807, 2.05) is 60.7 Å². The third-order valence-corrected chi connectivity index (χ3v) is 5.94. The van der Waals surface area contributed by atoms with Gasteiger partial charge in [-0.15, -0.1) is 12.4 Å². The molecule has 0 radical (unpaired) electrons. The van der Waals surface area contributed by atoms with E-state index >= 15 is 0 Å². The van der Waals surface area contributed by atoms with Gasteiger partial charge in [0.1, 0.15) is 11.3 Å². The number of nitrogens with one attached hydrogen (secondary N) is 3. The molecule has 0 aliphatic carbocycles. The molecular weight excluding hydrogens is 448 g/mol. The summed E-state index contributed by atoms with van der Waals surface area (Å²) in [6.07, 6.45) is 0. The van der Waals surface area contributed by atoms with Gasteiger partial charge in [-0.05, 0) is 35.4 Å². The van der Waals surface area contributed by atoms with E-state index in [4.69, 9.17) is 4.42 Å². The van der Waals surface area contributed by atoms with Crippen LogP contribution in [0.15, 0.2) is 83.3 Å². The number of rotatable bonds is 6. The molecule has 6 nitrogen and oxygen atoms in total. The maximum Gasteiger partial charge on any atom is 0.319 e. The van der Waals surface area contributed by atoms with Gasteiger partial charge in [-0.3, -0.25) is 4.90 Å². The van der Waals surface area contributed by atoms with Crippen molar-refractivity contribution in [3.63, 3.8) is 0 Å². The normalized spacial score (nSPS) is 13.9. The Morgan fingerprint density at radius 2 is 1.68 bits per heavy atom. The van der Waals surface area contributed by atoms with E-state index in [9.17, 15) is 4.79 Å². The third kappa shape index (κ3) is 5.78. The van der Waals surface area contributed by atoms with Crippen LogP contribution in [0.5, 0.6) is 0 Å². The predicted octanol–water partition coefficient (Wildman–Crippen LogP) is 5.25.